The van der Waals surface area contributed by atoms with Crippen LogP contribution in [0.15, 0.2) is 34.1 Å². The van der Waals surface area contributed by atoms with Gasteiger partial charge in [0.05, 0.1) is 7.11 Å². The van der Waals surface area contributed by atoms with Gasteiger partial charge >= 0.3 is 12.0 Å². The van der Waals surface area contributed by atoms with Gasteiger partial charge < -0.3 is 4.74 Å². The number of sulfonamides is 1. The van der Waals surface area contributed by atoms with E-state index in [-0.39, 0.29) is 28.6 Å². The first-order valence-corrected chi connectivity index (χ1v) is 9.78. The number of alkyl halides is 2. The topological polar surface area (TPSA) is 123 Å². The highest BCUT2D eigenvalue weighted by molar-refractivity contribution is 8.00. The molecule has 2 N–H and O–H groups in total. The Hall–Kier alpha value is -2.54. The van der Waals surface area contributed by atoms with Gasteiger partial charge in [-0.25, -0.2) is 17.9 Å². The molecule has 0 aliphatic heterocycles. The molecule has 1 heterocycles. The standard InChI is InChI=1S/C14H15F2N5O4S2/c1-3-10-17-12(20-14(18-10)25-2)19-13(22)21-27(23,24)9-7-5-4-6-8(9)26-11(15)16/h4-7,11H,3H2,1-2H3,(H2,17,18,19,20,21,22). The van der Waals surface area contributed by atoms with Crippen molar-refractivity contribution in [2.45, 2.75) is 28.9 Å². The number of hydrogen-bond acceptors (Lipinski definition) is 8. The number of hydrogen-bond donors (Lipinski definition) is 2. The number of benzene rings is 1. The monoisotopic (exact) mass is 419 g/mol. The van der Waals surface area contributed by atoms with Crippen LogP contribution in [0, 0.1) is 0 Å². The zero-order valence-electron chi connectivity index (χ0n) is 14.1. The lowest BCUT2D eigenvalue weighted by atomic mass is 10.4. The third-order valence-corrected chi connectivity index (χ3v) is 5.27. The molecule has 146 valence electrons. The number of aryl methyl sites for hydroxylation is 1. The molecule has 0 fully saturated rings. The molecule has 27 heavy (non-hydrogen) atoms. The van der Waals surface area contributed by atoms with Gasteiger partial charge in [-0.3, -0.25) is 5.32 Å². The molecule has 1 aromatic carbocycles. The van der Waals surface area contributed by atoms with Crippen LogP contribution in [0.4, 0.5) is 19.5 Å². The Morgan fingerprint density at radius 2 is 1.96 bits per heavy atom. The highest BCUT2D eigenvalue weighted by Crippen LogP contribution is 2.30. The Bertz CT molecular complexity index is 905. The zero-order valence-corrected chi connectivity index (χ0v) is 15.8. The number of amides is 2. The van der Waals surface area contributed by atoms with E-state index >= 15 is 0 Å². The second kappa shape index (κ2) is 8.90. The average molecular weight is 419 g/mol. The second-order valence-electron chi connectivity index (χ2n) is 4.80. The van der Waals surface area contributed by atoms with Crippen LogP contribution < -0.4 is 14.8 Å². The molecule has 0 aliphatic rings. The lowest BCUT2D eigenvalue weighted by Crippen LogP contribution is -2.35. The number of rotatable bonds is 7. The van der Waals surface area contributed by atoms with E-state index in [1.807, 2.05) is 0 Å². The maximum Gasteiger partial charge on any atom is 0.335 e. The number of urea groups is 1. The van der Waals surface area contributed by atoms with Gasteiger partial charge in [0.1, 0.15) is 10.7 Å². The van der Waals surface area contributed by atoms with Crippen molar-refractivity contribution in [1.82, 2.24) is 19.7 Å². The van der Waals surface area contributed by atoms with Gasteiger partial charge in [-0.05, 0) is 12.1 Å². The molecule has 0 unspecified atom stereocenters. The molecule has 0 saturated carbocycles. The first-order chi connectivity index (χ1) is 12.7. The number of ether oxygens (including phenoxy) is 1. The van der Waals surface area contributed by atoms with E-state index in [9.17, 15) is 22.0 Å². The molecule has 0 spiro atoms. The van der Waals surface area contributed by atoms with Gasteiger partial charge in [0.15, 0.2) is 0 Å². The molecule has 0 atom stereocenters. The third-order valence-electron chi connectivity index (χ3n) is 2.97. The van der Waals surface area contributed by atoms with E-state index in [4.69, 9.17) is 4.74 Å². The number of nitrogens with one attached hydrogen (secondary N) is 2. The number of aromatic nitrogens is 3. The molecule has 0 bridgehead atoms. The summed E-state index contributed by atoms with van der Waals surface area (Å²) in [6, 6.07) is 3.87. The maximum absolute atomic E-state index is 12.6. The van der Waals surface area contributed by atoms with Crippen LogP contribution in [0.3, 0.4) is 0 Å². The first kappa shape index (κ1) is 20.8. The fraction of sp³-hybridized carbons (Fsp3) is 0.286. The van der Waals surface area contributed by atoms with E-state index in [1.165, 1.54) is 25.3 Å². The SMILES string of the molecule is CCc1nc(NC(=O)NS(=O)(=O)c2ccccc2SC(F)F)nc(OC)n1. The molecule has 9 nitrogen and oxygen atoms in total. The van der Waals surface area contributed by atoms with Crippen molar-refractivity contribution < 1.29 is 26.7 Å². The van der Waals surface area contributed by atoms with Gasteiger partial charge in [0, 0.05) is 11.3 Å². The van der Waals surface area contributed by atoms with E-state index in [2.05, 4.69) is 20.3 Å². The van der Waals surface area contributed by atoms with Crippen molar-refractivity contribution in [3.8, 4) is 6.01 Å². The summed E-state index contributed by atoms with van der Waals surface area (Å²) in [5.41, 5.74) is 0. The normalized spacial score (nSPS) is 11.3. The fourth-order valence-corrected chi connectivity index (χ4v) is 3.88. The van der Waals surface area contributed by atoms with Crippen molar-refractivity contribution in [3.63, 3.8) is 0 Å². The maximum atomic E-state index is 12.6. The summed E-state index contributed by atoms with van der Waals surface area (Å²) in [6.07, 6.45) is 0.422. The summed E-state index contributed by atoms with van der Waals surface area (Å²) in [4.78, 5) is 23.0. The summed E-state index contributed by atoms with van der Waals surface area (Å²) < 4.78 is 56.6. The number of carbonyl (C=O) groups excluding carboxylic acids is 1. The lowest BCUT2D eigenvalue weighted by molar-refractivity contribution is 0.252. The van der Waals surface area contributed by atoms with Crippen LogP contribution in [0.1, 0.15) is 12.7 Å². The van der Waals surface area contributed by atoms with Crippen molar-refractivity contribution >= 4 is 33.8 Å². The summed E-state index contributed by atoms with van der Waals surface area (Å²) in [7, 11) is -3.09. The number of anilines is 1. The molecule has 0 saturated heterocycles. The predicted molar refractivity (Wildman–Crippen MR) is 93.4 cm³/mol. The number of halogens is 2. The van der Waals surface area contributed by atoms with Crippen LogP contribution in [-0.2, 0) is 16.4 Å². The van der Waals surface area contributed by atoms with Gasteiger partial charge in [-0.1, -0.05) is 30.8 Å². The quantitative estimate of drug-likeness (QED) is 0.655. The molecule has 2 rings (SSSR count). The first-order valence-electron chi connectivity index (χ1n) is 7.41. The van der Waals surface area contributed by atoms with E-state index < -0.39 is 26.7 Å². The molecule has 13 heteroatoms. The number of carbonyl (C=O) groups is 1. The predicted octanol–water partition coefficient (Wildman–Crippen LogP) is 2.27. The largest absolute Gasteiger partial charge is 0.467 e. The Morgan fingerprint density at radius 1 is 1.26 bits per heavy atom. The molecule has 2 amide bonds. The smallest absolute Gasteiger partial charge is 0.335 e. The van der Waals surface area contributed by atoms with Crippen molar-refractivity contribution in [2.75, 3.05) is 12.4 Å². The van der Waals surface area contributed by atoms with Gasteiger partial charge in [0.2, 0.25) is 5.95 Å². The Kier molecular flexibility index (Phi) is 6.85. The second-order valence-corrected chi connectivity index (χ2v) is 7.48. The van der Waals surface area contributed by atoms with Gasteiger partial charge in [-0.2, -0.15) is 23.7 Å². The zero-order chi connectivity index (χ0) is 20.0. The number of methoxy groups -OCH3 is 1. The molecule has 1 aromatic heterocycles. The number of nitrogens with zero attached hydrogens (tertiary/aromatic N) is 3. The Balaban J connectivity index is 2.20. The third kappa shape index (κ3) is 5.72. The van der Waals surface area contributed by atoms with Crippen LogP contribution in [0.5, 0.6) is 6.01 Å². The number of thioether (sulfide) groups is 1. The lowest BCUT2D eigenvalue weighted by Gasteiger charge is -2.11. The van der Waals surface area contributed by atoms with Crippen LogP contribution >= 0.6 is 11.8 Å². The van der Waals surface area contributed by atoms with Gasteiger partial charge in [0.25, 0.3) is 15.8 Å². The summed E-state index contributed by atoms with van der Waals surface area (Å²) >= 11 is 0.0592. The molecule has 0 aliphatic carbocycles. The minimum absolute atomic E-state index is 0.0568. The minimum Gasteiger partial charge on any atom is -0.467 e. The average Bonchev–Trinajstić information content (AvgIpc) is 2.60. The molecular formula is C14H15F2N5O4S2. The Morgan fingerprint density at radius 3 is 2.59 bits per heavy atom. The van der Waals surface area contributed by atoms with E-state index in [1.54, 1.807) is 11.6 Å². The summed E-state index contributed by atoms with van der Waals surface area (Å²) in [5, 5.41) is 2.15. The fourth-order valence-electron chi connectivity index (χ4n) is 1.87. The molecule has 0 radical (unpaired) electrons. The molecular weight excluding hydrogens is 404 g/mol. The minimum atomic E-state index is -4.41. The molecule has 2 aromatic rings. The van der Waals surface area contributed by atoms with Crippen molar-refractivity contribution in [1.29, 1.82) is 0 Å². The summed E-state index contributed by atoms with van der Waals surface area (Å²) in [6.45, 7) is 1.76. The van der Waals surface area contributed by atoms with Crippen molar-refractivity contribution in [2.24, 2.45) is 0 Å². The van der Waals surface area contributed by atoms with E-state index in [0.29, 0.717) is 12.2 Å². The highest BCUT2D eigenvalue weighted by atomic mass is 32.2. The van der Waals surface area contributed by atoms with Crippen molar-refractivity contribution in [3.05, 3.63) is 30.1 Å². The van der Waals surface area contributed by atoms with Crippen LogP contribution in [-0.4, -0.2) is 42.3 Å². The van der Waals surface area contributed by atoms with Crippen LogP contribution in [0.25, 0.3) is 0 Å². The Labute approximate surface area is 158 Å². The summed E-state index contributed by atoms with van der Waals surface area (Å²) in [5.74, 6) is -2.72. The van der Waals surface area contributed by atoms with E-state index in [0.717, 1.165) is 6.07 Å². The van der Waals surface area contributed by atoms with Crippen LogP contribution in [0.2, 0.25) is 0 Å². The highest BCUT2D eigenvalue weighted by Gasteiger charge is 2.23. The van der Waals surface area contributed by atoms with Gasteiger partial charge in [-0.15, -0.1) is 0 Å².